The molecule has 4 nitrogen and oxygen atoms in total. The molecule has 0 spiro atoms. The average Bonchev–Trinajstić information content (AvgIpc) is 2.45. The monoisotopic (exact) mass is 412 g/mol. The minimum Gasteiger partial charge on any atom is -0.492 e. The number of nitrogens with one attached hydrogen (secondary N) is 1. The van der Waals surface area contributed by atoms with E-state index >= 15 is 0 Å². The number of ether oxygens (including phenoxy) is 1. The highest BCUT2D eigenvalue weighted by atomic mass is 79.9. The topological polar surface area (TPSA) is 64.3 Å². The number of hydrogen-bond acceptors (Lipinski definition) is 3. The van der Waals surface area contributed by atoms with Crippen LogP contribution in [0.3, 0.4) is 0 Å². The summed E-state index contributed by atoms with van der Waals surface area (Å²) in [5, 5.41) is 2.84. The molecule has 0 aliphatic carbocycles. The zero-order valence-corrected chi connectivity index (χ0v) is 14.3. The Morgan fingerprint density at radius 3 is 2.29 bits per heavy atom. The summed E-state index contributed by atoms with van der Waals surface area (Å²) in [6.45, 7) is 0.939. The van der Waals surface area contributed by atoms with Crippen molar-refractivity contribution in [1.82, 2.24) is 0 Å². The Morgan fingerprint density at radius 2 is 1.71 bits per heavy atom. The Labute approximate surface area is 139 Å². The largest absolute Gasteiger partial charge is 0.492 e. The highest BCUT2D eigenvalue weighted by Crippen LogP contribution is 2.21. The molecular formula is C15H14Br2N2O2. The first-order chi connectivity index (χ1) is 10.1. The number of hydrogen-bond donors (Lipinski definition) is 2. The average molecular weight is 414 g/mol. The van der Waals surface area contributed by atoms with Crippen molar-refractivity contribution in [3.8, 4) is 5.75 Å². The molecule has 3 N–H and O–H groups in total. The molecule has 2 aromatic carbocycles. The van der Waals surface area contributed by atoms with Gasteiger partial charge in [-0.15, -0.1) is 0 Å². The molecule has 1 amide bonds. The van der Waals surface area contributed by atoms with Gasteiger partial charge in [0.15, 0.2) is 0 Å². The van der Waals surface area contributed by atoms with Crippen molar-refractivity contribution in [2.24, 2.45) is 5.73 Å². The predicted octanol–water partition coefficient (Wildman–Crippen LogP) is 3.80. The molecule has 21 heavy (non-hydrogen) atoms. The van der Waals surface area contributed by atoms with Crippen molar-refractivity contribution in [2.75, 3.05) is 18.5 Å². The maximum absolute atomic E-state index is 12.2. The Hall–Kier alpha value is -1.37. The molecule has 110 valence electrons. The zero-order chi connectivity index (χ0) is 15.2. The van der Waals surface area contributed by atoms with Gasteiger partial charge in [-0.1, -0.05) is 31.9 Å². The van der Waals surface area contributed by atoms with Gasteiger partial charge in [0, 0.05) is 26.7 Å². The minimum atomic E-state index is -0.173. The highest BCUT2D eigenvalue weighted by Gasteiger charge is 2.08. The van der Waals surface area contributed by atoms with E-state index in [0.29, 0.717) is 24.4 Å². The Balaban J connectivity index is 2.05. The molecule has 6 heteroatoms. The van der Waals surface area contributed by atoms with Crippen LogP contribution in [-0.4, -0.2) is 19.1 Å². The van der Waals surface area contributed by atoms with E-state index in [2.05, 4.69) is 37.2 Å². The van der Waals surface area contributed by atoms with Crippen LogP contribution in [0.5, 0.6) is 5.75 Å². The summed E-state index contributed by atoms with van der Waals surface area (Å²) in [6, 6.07) is 12.6. The minimum absolute atomic E-state index is 0.173. The quantitative estimate of drug-likeness (QED) is 0.783. The maximum atomic E-state index is 12.2. The van der Waals surface area contributed by atoms with E-state index in [9.17, 15) is 4.79 Å². The van der Waals surface area contributed by atoms with Crippen LogP contribution in [0.4, 0.5) is 5.69 Å². The fraction of sp³-hybridized carbons (Fsp3) is 0.133. The molecule has 0 heterocycles. The summed E-state index contributed by atoms with van der Waals surface area (Å²) >= 11 is 6.73. The number of nitrogens with two attached hydrogens (primary N) is 1. The lowest BCUT2D eigenvalue weighted by Crippen LogP contribution is -2.12. The molecule has 2 rings (SSSR count). The summed E-state index contributed by atoms with van der Waals surface area (Å²) < 4.78 is 7.06. The number of carbonyl (C=O) groups excluding carboxylic acids is 1. The number of anilines is 1. The molecule has 0 aromatic heterocycles. The van der Waals surface area contributed by atoms with Crippen LogP contribution in [0.1, 0.15) is 10.4 Å². The fourth-order valence-corrected chi connectivity index (χ4v) is 2.99. The van der Waals surface area contributed by atoms with Crippen LogP contribution in [0.25, 0.3) is 0 Å². The molecule has 0 saturated heterocycles. The zero-order valence-electron chi connectivity index (χ0n) is 11.1. The summed E-state index contributed by atoms with van der Waals surface area (Å²) in [6.07, 6.45) is 0. The lowest BCUT2D eigenvalue weighted by molar-refractivity contribution is 0.102. The molecule has 0 unspecified atom stereocenters. The first-order valence-corrected chi connectivity index (χ1v) is 7.87. The van der Waals surface area contributed by atoms with Gasteiger partial charge in [0.2, 0.25) is 0 Å². The normalized spacial score (nSPS) is 10.2. The molecule has 0 aliphatic rings. The summed E-state index contributed by atoms with van der Waals surface area (Å²) in [5.41, 5.74) is 6.65. The van der Waals surface area contributed by atoms with Crippen LogP contribution < -0.4 is 15.8 Å². The van der Waals surface area contributed by atoms with Gasteiger partial charge in [-0.25, -0.2) is 0 Å². The van der Waals surface area contributed by atoms with Crippen LogP contribution in [-0.2, 0) is 0 Å². The van der Waals surface area contributed by atoms with Gasteiger partial charge < -0.3 is 15.8 Å². The number of carbonyl (C=O) groups is 1. The first-order valence-electron chi connectivity index (χ1n) is 6.29. The molecule has 0 bridgehead atoms. The highest BCUT2D eigenvalue weighted by molar-refractivity contribution is 9.11. The second-order valence-corrected chi connectivity index (χ2v) is 6.11. The summed E-state index contributed by atoms with van der Waals surface area (Å²) in [5.74, 6) is 0.552. The maximum Gasteiger partial charge on any atom is 0.255 e. The van der Waals surface area contributed by atoms with Crippen molar-refractivity contribution in [2.45, 2.75) is 0 Å². The number of rotatable bonds is 5. The summed E-state index contributed by atoms with van der Waals surface area (Å²) in [4.78, 5) is 12.2. The number of benzene rings is 2. The van der Waals surface area contributed by atoms with Crippen molar-refractivity contribution < 1.29 is 9.53 Å². The molecule has 0 fully saturated rings. The van der Waals surface area contributed by atoms with Gasteiger partial charge in [-0.05, 0) is 42.5 Å². The van der Waals surface area contributed by atoms with E-state index in [4.69, 9.17) is 10.5 Å². The standard InChI is InChI=1S/C15H14Br2N2O2/c16-11-7-10(8-12(17)9-11)15(20)19-13-1-3-14(4-2-13)21-6-5-18/h1-4,7-9H,5-6,18H2,(H,19,20). The number of amides is 1. The van der Waals surface area contributed by atoms with Gasteiger partial charge in [-0.3, -0.25) is 4.79 Å². The lowest BCUT2D eigenvalue weighted by Gasteiger charge is -2.08. The Kier molecular flexibility index (Phi) is 5.78. The lowest BCUT2D eigenvalue weighted by atomic mass is 10.2. The van der Waals surface area contributed by atoms with Gasteiger partial charge in [0.25, 0.3) is 5.91 Å². The summed E-state index contributed by atoms with van der Waals surface area (Å²) in [7, 11) is 0. The van der Waals surface area contributed by atoms with E-state index in [0.717, 1.165) is 14.7 Å². The third-order valence-electron chi connectivity index (χ3n) is 2.62. The SMILES string of the molecule is NCCOc1ccc(NC(=O)c2cc(Br)cc(Br)c2)cc1. The van der Waals surface area contributed by atoms with E-state index in [1.165, 1.54) is 0 Å². The first kappa shape index (κ1) is 16.0. The van der Waals surface area contributed by atoms with Crippen LogP contribution in [0.2, 0.25) is 0 Å². The third kappa shape index (κ3) is 4.84. The Bertz CT molecular complexity index is 610. The predicted molar refractivity (Wildman–Crippen MR) is 90.8 cm³/mol. The van der Waals surface area contributed by atoms with Crippen LogP contribution >= 0.6 is 31.9 Å². The molecule has 0 saturated carbocycles. The Morgan fingerprint density at radius 1 is 1.10 bits per heavy atom. The molecule has 0 atom stereocenters. The number of halogens is 2. The second-order valence-electron chi connectivity index (χ2n) is 4.27. The fourth-order valence-electron chi connectivity index (χ4n) is 1.70. The van der Waals surface area contributed by atoms with Gasteiger partial charge in [0.05, 0.1) is 0 Å². The molecular weight excluding hydrogens is 400 g/mol. The van der Waals surface area contributed by atoms with Crippen molar-refractivity contribution >= 4 is 43.5 Å². The van der Waals surface area contributed by atoms with Gasteiger partial charge in [-0.2, -0.15) is 0 Å². The van der Waals surface area contributed by atoms with Crippen molar-refractivity contribution in [3.05, 3.63) is 57.0 Å². The van der Waals surface area contributed by atoms with E-state index < -0.39 is 0 Å². The third-order valence-corrected chi connectivity index (χ3v) is 3.54. The van der Waals surface area contributed by atoms with Gasteiger partial charge >= 0.3 is 0 Å². The molecule has 0 aliphatic heterocycles. The van der Waals surface area contributed by atoms with Crippen molar-refractivity contribution in [1.29, 1.82) is 0 Å². The van der Waals surface area contributed by atoms with Crippen LogP contribution in [0.15, 0.2) is 51.4 Å². The van der Waals surface area contributed by atoms with E-state index in [1.54, 1.807) is 36.4 Å². The molecule has 0 radical (unpaired) electrons. The van der Waals surface area contributed by atoms with Crippen molar-refractivity contribution in [3.63, 3.8) is 0 Å². The molecule has 2 aromatic rings. The second kappa shape index (κ2) is 7.59. The van der Waals surface area contributed by atoms with E-state index in [-0.39, 0.29) is 5.91 Å². The van der Waals surface area contributed by atoms with E-state index in [1.807, 2.05) is 6.07 Å². The smallest absolute Gasteiger partial charge is 0.255 e. The van der Waals surface area contributed by atoms with Crippen LogP contribution in [0, 0.1) is 0 Å². The van der Waals surface area contributed by atoms with Gasteiger partial charge in [0.1, 0.15) is 12.4 Å².